The fourth-order valence-electron chi connectivity index (χ4n) is 6.57. The molecule has 10 aromatic carbocycles. The molecule has 10 rings (SSSR count). The second kappa shape index (κ2) is 33.3. The molecule has 84 heavy (non-hydrogen) atoms. The molecule has 18 nitrogen and oxygen atoms in total. The Balaban J connectivity index is 0.000000203. The minimum Gasteiger partial charge on any atom is -0.508 e. The maximum Gasteiger partial charge on any atom is 0.316 e. The van der Waals surface area contributed by atoms with Gasteiger partial charge in [0.25, 0.3) is 0 Å². The smallest absolute Gasteiger partial charge is 0.316 e. The van der Waals surface area contributed by atoms with Crippen molar-refractivity contribution >= 4 is 37.7 Å². The molecule has 0 spiro atoms. The SMILES string of the molecule is O=Cc1cc(Oc2ccc(Oc3ccc(O)cc3C=O)cc2)ccc1O.O=Cc1cccc(O)c1.O=Cc1cccc(O)c1.Oc1ccc(Oc2ccc(Oc3ccc(O)c(C=[OH+])c3)cc2)c(C=[OH+])c1.Oc1ccccc1.Oc1ccccc1. The lowest BCUT2D eigenvalue weighted by molar-refractivity contribution is 0.111. The van der Waals surface area contributed by atoms with E-state index < -0.39 is 0 Å². The van der Waals surface area contributed by atoms with Crippen molar-refractivity contribution in [3.05, 3.63) is 264 Å². The van der Waals surface area contributed by atoms with Crippen LogP contribution in [0, 0.1) is 0 Å². The van der Waals surface area contributed by atoms with Gasteiger partial charge in [0.05, 0.1) is 11.1 Å². The van der Waals surface area contributed by atoms with Gasteiger partial charge in [0.1, 0.15) is 116 Å². The normalized spacial score (nSPS) is 9.62. The van der Waals surface area contributed by atoms with Gasteiger partial charge in [-0.25, -0.2) is 0 Å². The Bertz CT molecular complexity index is 3480. The van der Waals surface area contributed by atoms with E-state index in [2.05, 4.69) is 0 Å². The number of rotatable bonds is 14. The molecule has 0 atom stereocenters. The Morgan fingerprint density at radius 1 is 0.262 bits per heavy atom. The molecule has 0 aromatic heterocycles. The van der Waals surface area contributed by atoms with Gasteiger partial charge in [-0.05, 0) is 164 Å². The summed E-state index contributed by atoms with van der Waals surface area (Å²) in [4.78, 5) is 60.3. The molecule has 0 heterocycles. The molecule has 18 heteroatoms. The Kier molecular flexibility index (Phi) is 24.8. The fraction of sp³-hybridized carbons (Fsp3) is 0. The molecule has 10 N–H and O–H groups in total. The lowest BCUT2D eigenvalue weighted by atomic mass is 10.2. The van der Waals surface area contributed by atoms with Gasteiger partial charge in [-0.15, -0.1) is 0 Å². The molecule has 0 fully saturated rings. The zero-order chi connectivity index (χ0) is 60.6. The molecule has 0 amide bonds. The van der Waals surface area contributed by atoms with Gasteiger partial charge in [-0.3, -0.25) is 28.8 Å². The average molecular weight is 1140 g/mol. The van der Waals surface area contributed by atoms with Crippen LogP contribution in [0.4, 0.5) is 0 Å². The summed E-state index contributed by atoms with van der Waals surface area (Å²) in [5, 5.41) is 72.7. The molecular weight excluding hydrogens is 1080 g/mol. The lowest BCUT2D eigenvalue weighted by Crippen LogP contribution is -1.91. The standard InChI is InChI=1S/2C20H14O6.2C7H6O2.2C6H6O/c2*21-11-13-10-18(6-7-19(13)24)25-16-2-4-17(5-3-16)26-20-8-1-15(23)9-14(20)12-22;2*8-5-6-2-1-3-7(9)4-6;2*7-6-4-2-1-3-5-6/h2*1-12,23-24H;2*1-5,9H;2*1-5,7H/p+2. The molecule has 0 aliphatic rings. The molecule has 10 aromatic rings. The number of aromatic hydroxyl groups is 8. The number of benzene rings is 10. The van der Waals surface area contributed by atoms with Crippen LogP contribution in [0.2, 0.25) is 0 Å². The highest BCUT2D eigenvalue weighted by Gasteiger charge is 2.11. The van der Waals surface area contributed by atoms with Crippen molar-refractivity contribution in [1.82, 2.24) is 0 Å². The van der Waals surface area contributed by atoms with Gasteiger partial charge >= 0.3 is 12.6 Å². The van der Waals surface area contributed by atoms with E-state index in [1.165, 1.54) is 78.9 Å². The van der Waals surface area contributed by atoms with Crippen molar-refractivity contribution in [1.29, 1.82) is 0 Å². The van der Waals surface area contributed by atoms with Gasteiger partial charge in [-0.1, -0.05) is 60.7 Å². The van der Waals surface area contributed by atoms with E-state index in [0.717, 1.165) is 12.6 Å². The number of aldehydes is 6. The predicted molar refractivity (Wildman–Crippen MR) is 314 cm³/mol. The number of hydrogen-bond donors (Lipinski definition) is 8. The van der Waals surface area contributed by atoms with Crippen molar-refractivity contribution in [2.45, 2.75) is 0 Å². The van der Waals surface area contributed by atoms with E-state index in [-0.39, 0.29) is 51.2 Å². The van der Waals surface area contributed by atoms with Crippen molar-refractivity contribution in [2.24, 2.45) is 0 Å². The Labute approximate surface area is 480 Å². The molecule has 0 unspecified atom stereocenters. The van der Waals surface area contributed by atoms with E-state index in [1.807, 2.05) is 12.1 Å². The summed E-state index contributed by atoms with van der Waals surface area (Å²) < 4.78 is 22.6. The first-order chi connectivity index (χ1) is 40.6. The highest BCUT2D eigenvalue weighted by molar-refractivity contribution is 5.82. The minimum absolute atomic E-state index is 0.0215. The molecule has 0 bridgehead atoms. The van der Waals surface area contributed by atoms with Crippen molar-refractivity contribution < 1.29 is 88.6 Å². The second-order valence-electron chi connectivity index (χ2n) is 16.8. The van der Waals surface area contributed by atoms with Crippen LogP contribution in [-0.2, 0) is 0 Å². The molecule has 0 radical (unpaired) electrons. The summed E-state index contributed by atoms with van der Waals surface area (Å²) >= 11 is 0. The topological polar surface area (TPSA) is 310 Å². The molecular formula is C66H54O18+2. The summed E-state index contributed by atoms with van der Waals surface area (Å²) in [5.41, 5.74) is 1.96. The van der Waals surface area contributed by atoms with E-state index in [1.54, 1.807) is 140 Å². The monoisotopic (exact) mass is 1130 g/mol. The molecule has 0 aliphatic carbocycles. The molecule has 0 aliphatic heterocycles. The number of carbonyl (C=O) groups excluding carboxylic acids is 6. The van der Waals surface area contributed by atoms with E-state index in [9.17, 15) is 44.4 Å². The highest BCUT2D eigenvalue weighted by atomic mass is 16.5. The molecule has 0 saturated heterocycles. The first-order valence-electron chi connectivity index (χ1n) is 24.7. The summed E-state index contributed by atoms with van der Waals surface area (Å²) in [6.45, 7) is 0. The minimum atomic E-state index is -0.115. The van der Waals surface area contributed by atoms with Crippen molar-refractivity contribution in [3.63, 3.8) is 0 Å². The van der Waals surface area contributed by atoms with Gasteiger partial charge < -0.3 is 59.8 Å². The van der Waals surface area contributed by atoms with Crippen LogP contribution in [0.5, 0.6) is 92.0 Å². The lowest BCUT2D eigenvalue weighted by Gasteiger charge is -2.10. The number of phenolic OH excluding ortho intramolecular Hbond substituents is 8. The number of phenols is 8. The number of hydrogen-bond acceptors (Lipinski definition) is 16. The van der Waals surface area contributed by atoms with Crippen molar-refractivity contribution in [3.8, 4) is 92.0 Å². The summed E-state index contributed by atoms with van der Waals surface area (Å²) in [6, 6.07) is 60.6. The van der Waals surface area contributed by atoms with Gasteiger partial charge in [-0.2, -0.15) is 0 Å². The van der Waals surface area contributed by atoms with Gasteiger partial charge in [0.2, 0.25) is 0 Å². The zero-order valence-corrected chi connectivity index (χ0v) is 44.1. The highest BCUT2D eigenvalue weighted by Crippen LogP contribution is 2.33. The van der Waals surface area contributed by atoms with E-state index in [4.69, 9.17) is 44.2 Å². The quantitative estimate of drug-likeness (QED) is 0.0371. The third-order valence-electron chi connectivity index (χ3n) is 10.6. The largest absolute Gasteiger partial charge is 0.508 e. The first kappa shape index (κ1) is 62.7. The first-order valence-corrected chi connectivity index (χ1v) is 24.7. The van der Waals surface area contributed by atoms with Crippen LogP contribution in [0.25, 0.3) is 0 Å². The van der Waals surface area contributed by atoms with Crippen LogP contribution < -0.4 is 18.9 Å². The van der Waals surface area contributed by atoms with Gasteiger partial charge in [0.15, 0.2) is 12.6 Å². The van der Waals surface area contributed by atoms with Crippen LogP contribution in [-0.4, -0.2) is 88.2 Å². The maximum atomic E-state index is 11.0. The third kappa shape index (κ3) is 21.6. The maximum absolute atomic E-state index is 11.0. The molecule has 424 valence electrons. The Morgan fingerprint density at radius 2 is 0.595 bits per heavy atom. The summed E-state index contributed by atoms with van der Waals surface area (Å²) in [5.74, 6) is 4.32. The number of para-hydroxylation sites is 2. The second-order valence-corrected chi connectivity index (χ2v) is 16.8. The van der Waals surface area contributed by atoms with E-state index >= 15 is 0 Å². The van der Waals surface area contributed by atoms with Crippen LogP contribution >= 0.6 is 0 Å². The Morgan fingerprint density at radius 3 is 0.940 bits per heavy atom. The van der Waals surface area contributed by atoms with Crippen molar-refractivity contribution in [2.75, 3.05) is 0 Å². The zero-order valence-electron chi connectivity index (χ0n) is 44.1. The van der Waals surface area contributed by atoms with Crippen LogP contribution in [0.15, 0.2) is 231 Å². The van der Waals surface area contributed by atoms with E-state index in [0.29, 0.717) is 99.3 Å². The van der Waals surface area contributed by atoms with Gasteiger partial charge in [0, 0.05) is 17.2 Å². The predicted octanol–water partition coefficient (Wildman–Crippen LogP) is 13.2. The molecule has 0 saturated carbocycles. The number of ether oxygens (including phenoxy) is 4. The third-order valence-corrected chi connectivity index (χ3v) is 10.6. The average Bonchev–Trinajstić information content (AvgIpc) is 3.71. The summed E-state index contributed by atoms with van der Waals surface area (Å²) in [6.07, 6.45) is 4.18. The van der Waals surface area contributed by atoms with Crippen LogP contribution in [0.1, 0.15) is 52.6 Å². The summed E-state index contributed by atoms with van der Waals surface area (Å²) in [7, 11) is 0. The number of carbonyl (C=O) groups is 4. The Hall–Kier alpha value is -12.2. The van der Waals surface area contributed by atoms with Crippen LogP contribution in [0.3, 0.4) is 0 Å². The fourth-order valence-corrected chi connectivity index (χ4v) is 6.57.